The van der Waals surface area contributed by atoms with Gasteiger partial charge in [-0.1, -0.05) is 31.0 Å². The van der Waals surface area contributed by atoms with Crippen LogP contribution < -0.4 is 0 Å². The summed E-state index contributed by atoms with van der Waals surface area (Å²) in [4.78, 5) is 14.7. The van der Waals surface area contributed by atoms with Crippen molar-refractivity contribution in [1.82, 2.24) is 25.1 Å². The Bertz CT molecular complexity index is 697. The summed E-state index contributed by atoms with van der Waals surface area (Å²) in [6.07, 6.45) is 5.91. The Balaban J connectivity index is 1.64. The van der Waals surface area contributed by atoms with E-state index in [1.165, 1.54) is 31.0 Å². The highest BCUT2D eigenvalue weighted by Crippen LogP contribution is 2.25. The van der Waals surface area contributed by atoms with Gasteiger partial charge in [-0.05, 0) is 54.5 Å². The Morgan fingerprint density at radius 1 is 1.28 bits per heavy atom. The number of aromatic hydroxyl groups is 1. The van der Waals surface area contributed by atoms with Gasteiger partial charge >= 0.3 is 0 Å². The summed E-state index contributed by atoms with van der Waals surface area (Å²) in [5.74, 6) is 0.648. The summed E-state index contributed by atoms with van der Waals surface area (Å²) >= 11 is 1.34. The van der Waals surface area contributed by atoms with Crippen molar-refractivity contribution in [3.63, 3.8) is 0 Å². The van der Waals surface area contributed by atoms with Gasteiger partial charge in [0.25, 0.3) is 0 Å². The highest BCUT2D eigenvalue weighted by atomic mass is 32.2. The number of rotatable bonds is 6. The molecule has 1 fully saturated rings. The van der Waals surface area contributed by atoms with Gasteiger partial charge in [0.15, 0.2) is 0 Å². The van der Waals surface area contributed by atoms with Crippen LogP contribution in [0.15, 0.2) is 29.4 Å². The molecule has 25 heavy (non-hydrogen) atoms. The summed E-state index contributed by atoms with van der Waals surface area (Å²) in [5.41, 5.74) is 0.748. The van der Waals surface area contributed by atoms with Crippen LogP contribution in [0, 0.1) is 0 Å². The van der Waals surface area contributed by atoms with E-state index in [1.807, 2.05) is 11.8 Å². The molecule has 1 aliphatic carbocycles. The number of benzene rings is 1. The van der Waals surface area contributed by atoms with Crippen LogP contribution >= 0.6 is 11.8 Å². The third kappa shape index (κ3) is 4.31. The number of nitrogens with zero attached hydrogens (tertiary/aromatic N) is 5. The molecule has 8 heteroatoms. The molecule has 0 aliphatic heterocycles. The smallest absolute Gasteiger partial charge is 0.233 e. The number of carbonyl (C=O) groups excluding carboxylic acids is 1. The molecule has 0 spiro atoms. The molecule has 1 amide bonds. The summed E-state index contributed by atoms with van der Waals surface area (Å²) in [7, 11) is 0. The summed E-state index contributed by atoms with van der Waals surface area (Å²) < 4.78 is 1.58. The van der Waals surface area contributed by atoms with Crippen LogP contribution in [0.4, 0.5) is 0 Å². The molecule has 0 saturated heterocycles. The fourth-order valence-corrected chi connectivity index (χ4v) is 4.04. The third-order valence-corrected chi connectivity index (χ3v) is 5.44. The molecule has 134 valence electrons. The lowest BCUT2D eigenvalue weighted by Crippen LogP contribution is -2.42. The first kappa shape index (κ1) is 17.7. The fourth-order valence-electron chi connectivity index (χ4n) is 3.26. The minimum atomic E-state index is 0.139. The summed E-state index contributed by atoms with van der Waals surface area (Å²) in [6.45, 7) is 2.78. The average Bonchev–Trinajstić information content (AvgIpc) is 3.11. The van der Waals surface area contributed by atoms with Gasteiger partial charge in [0.2, 0.25) is 11.1 Å². The van der Waals surface area contributed by atoms with Crippen LogP contribution in [-0.2, 0) is 4.79 Å². The largest absolute Gasteiger partial charge is 0.508 e. The minimum Gasteiger partial charge on any atom is -0.508 e. The van der Waals surface area contributed by atoms with Crippen LogP contribution in [-0.4, -0.2) is 54.5 Å². The second-order valence-electron chi connectivity index (χ2n) is 6.15. The Kier molecular flexibility index (Phi) is 5.91. The predicted molar refractivity (Wildman–Crippen MR) is 95.8 cm³/mol. The minimum absolute atomic E-state index is 0.139. The van der Waals surface area contributed by atoms with Gasteiger partial charge in [-0.3, -0.25) is 4.79 Å². The molecule has 2 aromatic rings. The molecule has 7 nitrogen and oxygen atoms in total. The van der Waals surface area contributed by atoms with Crippen molar-refractivity contribution in [2.24, 2.45) is 0 Å². The molecule has 0 unspecified atom stereocenters. The van der Waals surface area contributed by atoms with E-state index in [0.29, 0.717) is 17.0 Å². The van der Waals surface area contributed by atoms with Crippen molar-refractivity contribution in [2.45, 2.75) is 50.2 Å². The zero-order valence-corrected chi connectivity index (χ0v) is 15.2. The topological polar surface area (TPSA) is 84.1 Å². The molecule has 1 aromatic carbocycles. The first-order chi connectivity index (χ1) is 12.2. The van der Waals surface area contributed by atoms with E-state index in [0.717, 1.165) is 25.1 Å². The maximum atomic E-state index is 12.7. The lowest BCUT2D eigenvalue weighted by atomic mass is 9.94. The van der Waals surface area contributed by atoms with E-state index in [-0.39, 0.29) is 11.7 Å². The Hall–Kier alpha value is -2.09. The molecule has 1 heterocycles. The summed E-state index contributed by atoms with van der Waals surface area (Å²) in [6, 6.07) is 7.01. The molecule has 0 radical (unpaired) electrons. The van der Waals surface area contributed by atoms with E-state index < -0.39 is 0 Å². The Morgan fingerprint density at radius 3 is 2.68 bits per heavy atom. The predicted octanol–water partition coefficient (Wildman–Crippen LogP) is 2.64. The molecule has 1 aliphatic rings. The van der Waals surface area contributed by atoms with Gasteiger partial charge in [-0.25, -0.2) is 0 Å². The lowest BCUT2D eigenvalue weighted by Gasteiger charge is -2.33. The number of thioether (sulfide) groups is 1. The zero-order valence-electron chi connectivity index (χ0n) is 14.3. The van der Waals surface area contributed by atoms with Gasteiger partial charge in [-0.2, -0.15) is 4.68 Å². The molecule has 0 atom stereocenters. The van der Waals surface area contributed by atoms with Crippen molar-refractivity contribution in [2.75, 3.05) is 12.3 Å². The third-order valence-electron chi connectivity index (χ3n) is 4.54. The Labute approximate surface area is 151 Å². The van der Waals surface area contributed by atoms with Crippen LogP contribution in [0.5, 0.6) is 5.75 Å². The summed E-state index contributed by atoms with van der Waals surface area (Å²) in [5, 5.41) is 21.7. The van der Waals surface area contributed by atoms with Crippen LogP contribution in [0.1, 0.15) is 39.0 Å². The van der Waals surface area contributed by atoms with Crippen molar-refractivity contribution in [3.05, 3.63) is 24.3 Å². The lowest BCUT2D eigenvalue weighted by molar-refractivity contribution is -0.131. The number of phenols is 1. The second kappa shape index (κ2) is 8.33. The van der Waals surface area contributed by atoms with Gasteiger partial charge in [-0.15, -0.1) is 5.10 Å². The van der Waals surface area contributed by atoms with Crippen molar-refractivity contribution in [1.29, 1.82) is 0 Å². The number of aromatic nitrogens is 4. The number of carbonyl (C=O) groups is 1. The van der Waals surface area contributed by atoms with E-state index in [9.17, 15) is 9.90 Å². The molecule has 3 rings (SSSR count). The van der Waals surface area contributed by atoms with E-state index in [1.54, 1.807) is 28.9 Å². The van der Waals surface area contributed by atoms with E-state index in [2.05, 4.69) is 15.5 Å². The maximum Gasteiger partial charge on any atom is 0.233 e. The average molecular weight is 361 g/mol. The monoisotopic (exact) mass is 361 g/mol. The van der Waals surface area contributed by atoms with Gasteiger partial charge in [0.05, 0.1) is 11.4 Å². The SMILES string of the molecule is CCN(C(=O)CSc1nnnn1-c1ccc(O)cc1)C1CCCCC1. The van der Waals surface area contributed by atoms with Crippen molar-refractivity contribution < 1.29 is 9.90 Å². The van der Waals surface area contributed by atoms with Gasteiger partial charge in [0, 0.05) is 12.6 Å². The second-order valence-corrected chi connectivity index (χ2v) is 7.09. The number of hydrogen-bond donors (Lipinski definition) is 1. The van der Waals surface area contributed by atoms with Crippen LogP contribution in [0.3, 0.4) is 0 Å². The maximum absolute atomic E-state index is 12.7. The van der Waals surface area contributed by atoms with Crippen LogP contribution in [0.25, 0.3) is 5.69 Å². The van der Waals surface area contributed by atoms with E-state index >= 15 is 0 Å². The molecule has 0 bridgehead atoms. The highest BCUT2D eigenvalue weighted by molar-refractivity contribution is 7.99. The van der Waals surface area contributed by atoms with Crippen LogP contribution in [0.2, 0.25) is 0 Å². The number of phenolic OH excluding ortho intramolecular Hbond substituents is 1. The quantitative estimate of drug-likeness (QED) is 0.796. The van der Waals surface area contributed by atoms with Crippen molar-refractivity contribution in [3.8, 4) is 11.4 Å². The highest BCUT2D eigenvalue weighted by Gasteiger charge is 2.24. The first-order valence-electron chi connectivity index (χ1n) is 8.69. The Morgan fingerprint density at radius 2 is 2.00 bits per heavy atom. The van der Waals surface area contributed by atoms with E-state index in [4.69, 9.17) is 0 Å². The number of tetrazole rings is 1. The standard InChI is InChI=1S/C17H23N5O2S/c1-2-21(13-6-4-3-5-7-13)16(24)12-25-17-18-19-20-22(17)14-8-10-15(23)11-9-14/h8-11,13,23H,2-7,12H2,1H3. The molecular weight excluding hydrogens is 338 g/mol. The number of amides is 1. The van der Waals surface area contributed by atoms with Crippen molar-refractivity contribution >= 4 is 17.7 Å². The number of hydrogen-bond acceptors (Lipinski definition) is 6. The van der Waals surface area contributed by atoms with Gasteiger partial charge in [0.1, 0.15) is 5.75 Å². The molecule has 1 saturated carbocycles. The molecular formula is C17H23N5O2S. The first-order valence-corrected chi connectivity index (χ1v) is 9.67. The normalized spacial score (nSPS) is 15.2. The molecule has 1 N–H and O–H groups in total. The van der Waals surface area contributed by atoms with Gasteiger partial charge < -0.3 is 10.0 Å². The molecule has 1 aromatic heterocycles. The zero-order chi connectivity index (χ0) is 17.6. The fraction of sp³-hybridized carbons (Fsp3) is 0.529.